The standard InChI is InChI=1S/C25H24Cl2O5/c1-24(2)21(28)20(22(31-23(29)30)25(3,4)32-24)18-11-14(7-9-16(18)13-5-6-13)17-10-8-15(26)12-19(17)27/h7-13H,5-6H2,1-4H3,(H,29,30). The molecule has 1 aliphatic heterocycles. The van der Waals surface area contributed by atoms with Gasteiger partial charge in [0.1, 0.15) is 11.2 Å². The summed E-state index contributed by atoms with van der Waals surface area (Å²) >= 11 is 12.5. The lowest BCUT2D eigenvalue weighted by Crippen LogP contribution is -2.50. The Hall–Kier alpha value is -2.34. The molecule has 5 nitrogen and oxygen atoms in total. The lowest BCUT2D eigenvalue weighted by molar-refractivity contribution is -0.158. The maximum absolute atomic E-state index is 13.6. The molecule has 1 N–H and O–H groups in total. The van der Waals surface area contributed by atoms with Gasteiger partial charge in [-0.3, -0.25) is 4.79 Å². The molecule has 168 valence electrons. The minimum absolute atomic E-state index is 0.00409. The Labute approximate surface area is 196 Å². The van der Waals surface area contributed by atoms with Crippen molar-refractivity contribution < 1.29 is 24.2 Å². The van der Waals surface area contributed by atoms with Gasteiger partial charge < -0.3 is 14.6 Å². The van der Waals surface area contributed by atoms with Crippen molar-refractivity contribution in [1.82, 2.24) is 0 Å². The first-order valence-corrected chi connectivity index (χ1v) is 11.2. The molecule has 1 aliphatic carbocycles. The van der Waals surface area contributed by atoms with Crippen molar-refractivity contribution in [2.75, 3.05) is 0 Å². The maximum Gasteiger partial charge on any atom is 0.511 e. The molecular formula is C25H24Cl2O5. The highest BCUT2D eigenvalue weighted by Crippen LogP contribution is 2.49. The summed E-state index contributed by atoms with van der Waals surface area (Å²) in [7, 11) is 0. The second-order valence-electron chi connectivity index (χ2n) is 9.22. The topological polar surface area (TPSA) is 72.8 Å². The molecule has 2 aromatic rings. The summed E-state index contributed by atoms with van der Waals surface area (Å²) in [5, 5.41) is 10.4. The molecule has 0 amide bonds. The number of hydrogen-bond donors (Lipinski definition) is 1. The van der Waals surface area contributed by atoms with E-state index in [4.69, 9.17) is 32.7 Å². The van der Waals surface area contributed by atoms with Crippen LogP contribution in [0.5, 0.6) is 0 Å². The summed E-state index contributed by atoms with van der Waals surface area (Å²) in [6.07, 6.45) is 0.522. The van der Waals surface area contributed by atoms with E-state index >= 15 is 0 Å². The Kier molecular flexibility index (Phi) is 5.64. The fraction of sp³-hybridized carbons (Fsp3) is 0.360. The Balaban J connectivity index is 2.00. The fourth-order valence-corrected chi connectivity index (χ4v) is 4.87. The van der Waals surface area contributed by atoms with E-state index in [1.807, 2.05) is 24.3 Å². The van der Waals surface area contributed by atoms with Gasteiger partial charge in [0.15, 0.2) is 11.5 Å². The van der Waals surface area contributed by atoms with Crippen molar-refractivity contribution in [3.63, 3.8) is 0 Å². The summed E-state index contributed by atoms with van der Waals surface area (Å²) < 4.78 is 11.2. The molecule has 1 saturated carbocycles. The quantitative estimate of drug-likeness (QED) is 0.478. The van der Waals surface area contributed by atoms with Crippen LogP contribution in [-0.4, -0.2) is 28.2 Å². The minimum Gasteiger partial charge on any atom is -0.449 e. The Morgan fingerprint density at radius 2 is 1.72 bits per heavy atom. The van der Waals surface area contributed by atoms with Crippen molar-refractivity contribution >= 4 is 40.7 Å². The molecule has 0 bridgehead atoms. The normalized spacial score (nSPS) is 19.8. The van der Waals surface area contributed by atoms with E-state index in [1.54, 1.807) is 39.8 Å². The van der Waals surface area contributed by atoms with Crippen molar-refractivity contribution in [2.24, 2.45) is 0 Å². The second-order valence-corrected chi connectivity index (χ2v) is 10.1. The van der Waals surface area contributed by atoms with Gasteiger partial charge in [0.05, 0.1) is 5.57 Å². The van der Waals surface area contributed by atoms with Gasteiger partial charge in [-0.25, -0.2) is 4.79 Å². The van der Waals surface area contributed by atoms with Crippen LogP contribution in [0.25, 0.3) is 16.7 Å². The number of halogens is 2. The third-order valence-corrected chi connectivity index (χ3v) is 6.38. The minimum atomic E-state index is -1.49. The first-order valence-electron chi connectivity index (χ1n) is 10.4. The number of rotatable bonds is 4. The zero-order chi connectivity index (χ0) is 23.4. The molecule has 32 heavy (non-hydrogen) atoms. The van der Waals surface area contributed by atoms with Crippen LogP contribution in [0.4, 0.5) is 4.79 Å². The van der Waals surface area contributed by atoms with E-state index in [9.17, 15) is 14.7 Å². The van der Waals surface area contributed by atoms with Gasteiger partial charge in [0.25, 0.3) is 0 Å². The summed E-state index contributed by atoms with van der Waals surface area (Å²) in [4.78, 5) is 25.1. The SMILES string of the molecule is CC1(C)OC(C)(C)C(OC(=O)O)=C(c2cc(-c3ccc(Cl)cc3Cl)ccc2C2CC2)C1=O. The molecule has 7 heteroatoms. The van der Waals surface area contributed by atoms with E-state index in [1.165, 1.54) is 0 Å². The van der Waals surface area contributed by atoms with Crippen LogP contribution in [0.2, 0.25) is 10.0 Å². The molecule has 2 aromatic carbocycles. The molecular weight excluding hydrogens is 451 g/mol. The van der Waals surface area contributed by atoms with E-state index in [2.05, 4.69) is 0 Å². The zero-order valence-electron chi connectivity index (χ0n) is 18.3. The number of carbonyl (C=O) groups is 2. The van der Waals surface area contributed by atoms with Crippen LogP contribution < -0.4 is 0 Å². The first kappa shape index (κ1) is 22.8. The van der Waals surface area contributed by atoms with Crippen LogP contribution in [0, 0.1) is 0 Å². The lowest BCUT2D eigenvalue weighted by Gasteiger charge is -2.41. The monoisotopic (exact) mass is 474 g/mol. The molecule has 0 atom stereocenters. The number of benzene rings is 2. The molecule has 2 aliphatic rings. The van der Waals surface area contributed by atoms with Crippen LogP contribution >= 0.6 is 23.2 Å². The summed E-state index contributed by atoms with van der Waals surface area (Å²) in [5.41, 5.74) is 1.16. The van der Waals surface area contributed by atoms with Crippen molar-refractivity contribution in [2.45, 2.75) is 57.7 Å². The number of hydrogen-bond acceptors (Lipinski definition) is 4. The molecule has 0 saturated heterocycles. The predicted molar refractivity (Wildman–Crippen MR) is 124 cm³/mol. The Morgan fingerprint density at radius 1 is 1.03 bits per heavy atom. The summed E-state index contributed by atoms with van der Waals surface area (Å²) in [5.74, 6) is -0.0231. The van der Waals surface area contributed by atoms with E-state index in [0.717, 1.165) is 29.5 Å². The van der Waals surface area contributed by atoms with Gasteiger partial charge in [-0.1, -0.05) is 41.4 Å². The van der Waals surface area contributed by atoms with Crippen molar-refractivity contribution in [3.05, 3.63) is 63.3 Å². The van der Waals surface area contributed by atoms with Crippen LogP contribution in [0.15, 0.2) is 42.2 Å². The van der Waals surface area contributed by atoms with E-state index in [0.29, 0.717) is 21.5 Å². The van der Waals surface area contributed by atoms with Crippen LogP contribution in [0.3, 0.4) is 0 Å². The van der Waals surface area contributed by atoms with Crippen LogP contribution in [0.1, 0.15) is 57.6 Å². The number of Topliss-reactive ketones (excluding diaryl/α,β-unsaturated/α-hetero) is 1. The molecule has 0 aromatic heterocycles. The van der Waals surface area contributed by atoms with Gasteiger partial charge in [0.2, 0.25) is 0 Å². The highest BCUT2D eigenvalue weighted by atomic mass is 35.5. The maximum atomic E-state index is 13.6. The highest BCUT2D eigenvalue weighted by Gasteiger charge is 2.49. The van der Waals surface area contributed by atoms with E-state index < -0.39 is 17.4 Å². The van der Waals surface area contributed by atoms with Gasteiger partial charge in [-0.15, -0.1) is 0 Å². The van der Waals surface area contributed by atoms with Gasteiger partial charge in [-0.05, 0) is 81.3 Å². The predicted octanol–water partition coefficient (Wildman–Crippen LogP) is 7.10. The Morgan fingerprint density at radius 3 is 2.31 bits per heavy atom. The van der Waals surface area contributed by atoms with Crippen LogP contribution in [-0.2, 0) is 14.3 Å². The highest BCUT2D eigenvalue weighted by molar-refractivity contribution is 6.36. The lowest BCUT2D eigenvalue weighted by atomic mass is 9.80. The number of carboxylic acid groups (broad SMARTS) is 1. The Bertz CT molecular complexity index is 1160. The molecule has 4 rings (SSSR count). The van der Waals surface area contributed by atoms with Gasteiger partial charge in [0, 0.05) is 15.6 Å². The smallest absolute Gasteiger partial charge is 0.449 e. The summed E-state index contributed by atoms with van der Waals surface area (Å²) in [6, 6.07) is 11.1. The number of ketones is 1. The molecule has 1 fully saturated rings. The number of carbonyl (C=O) groups excluding carboxylic acids is 1. The molecule has 0 spiro atoms. The average molecular weight is 475 g/mol. The molecule has 0 radical (unpaired) electrons. The van der Waals surface area contributed by atoms with Gasteiger partial charge in [-0.2, -0.15) is 0 Å². The van der Waals surface area contributed by atoms with Crippen molar-refractivity contribution in [3.8, 4) is 11.1 Å². The molecule has 0 unspecified atom stereocenters. The third-order valence-electron chi connectivity index (χ3n) is 5.83. The largest absolute Gasteiger partial charge is 0.511 e. The first-order chi connectivity index (χ1) is 14.9. The summed E-state index contributed by atoms with van der Waals surface area (Å²) in [6.45, 7) is 6.78. The van der Waals surface area contributed by atoms with E-state index in [-0.39, 0.29) is 17.1 Å². The zero-order valence-corrected chi connectivity index (χ0v) is 19.8. The fourth-order valence-electron chi connectivity index (χ4n) is 4.36. The second kappa shape index (κ2) is 7.91. The van der Waals surface area contributed by atoms with Gasteiger partial charge >= 0.3 is 6.16 Å². The van der Waals surface area contributed by atoms with Crippen molar-refractivity contribution in [1.29, 1.82) is 0 Å². The third kappa shape index (κ3) is 4.17. The average Bonchev–Trinajstić information content (AvgIpc) is 3.50. The molecule has 1 heterocycles. The number of ether oxygens (including phenoxy) is 2.